The van der Waals surface area contributed by atoms with Gasteiger partial charge in [-0.15, -0.1) is 12.4 Å². The van der Waals surface area contributed by atoms with Crippen molar-refractivity contribution < 1.29 is 4.79 Å². The van der Waals surface area contributed by atoms with Crippen molar-refractivity contribution in [2.75, 3.05) is 13.1 Å². The highest BCUT2D eigenvalue weighted by atomic mass is 35.5. The summed E-state index contributed by atoms with van der Waals surface area (Å²) in [4.78, 5) is 13.5. The Morgan fingerprint density at radius 3 is 2.82 bits per heavy atom. The monoisotopic (exact) mass is 274 g/mol. The lowest BCUT2D eigenvalue weighted by atomic mass is 10.0. The second kappa shape index (κ2) is 6.24. The predicted molar refractivity (Wildman–Crippen MR) is 71.4 cm³/mol. The van der Waals surface area contributed by atoms with Crippen LogP contribution in [0.2, 0.25) is 5.02 Å². The molecule has 3 nitrogen and oxygen atoms in total. The number of rotatable bonds is 2. The van der Waals surface area contributed by atoms with Crippen molar-refractivity contribution in [2.24, 2.45) is 5.73 Å². The van der Waals surface area contributed by atoms with Crippen molar-refractivity contribution in [1.82, 2.24) is 4.90 Å². The van der Waals surface area contributed by atoms with E-state index in [1.54, 1.807) is 0 Å². The Balaban J connectivity index is 0.00000144. The van der Waals surface area contributed by atoms with Crippen molar-refractivity contribution in [3.63, 3.8) is 0 Å². The number of likely N-dealkylation sites (tertiary alicyclic amines) is 1. The molecule has 5 heteroatoms. The van der Waals surface area contributed by atoms with Crippen LogP contribution in [0.15, 0.2) is 24.3 Å². The number of hydrogen-bond donors (Lipinski definition) is 1. The fraction of sp³-hybridized carbons (Fsp3) is 0.417. The molecule has 1 unspecified atom stereocenters. The molecule has 17 heavy (non-hydrogen) atoms. The maximum atomic E-state index is 11.7. The van der Waals surface area contributed by atoms with Crippen molar-refractivity contribution in [2.45, 2.75) is 18.9 Å². The van der Waals surface area contributed by atoms with Crippen molar-refractivity contribution in [3.05, 3.63) is 34.9 Å². The van der Waals surface area contributed by atoms with Crippen molar-refractivity contribution >= 4 is 29.9 Å². The molecule has 1 aliphatic rings. The quantitative estimate of drug-likeness (QED) is 0.900. The van der Waals surface area contributed by atoms with Crippen LogP contribution in [0, 0.1) is 0 Å². The van der Waals surface area contributed by atoms with Crippen LogP contribution < -0.4 is 5.73 Å². The van der Waals surface area contributed by atoms with Crippen LogP contribution in [-0.2, 0) is 4.79 Å². The Bertz CT molecular complexity index is 398. The first-order valence-corrected chi connectivity index (χ1v) is 5.86. The summed E-state index contributed by atoms with van der Waals surface area (Å²) >= 11 is 6.15. The molecule has 0 radical (unpaired) electrons. The average molecular weight is 275 g/mol. The van der Waals surface area contributed by atoms with E-state index in [2.05, 4.69) is 0 Å². The third-order valence-electron chi connectivity index (χ3n) is 3.01. The number of hydrogen-bond acceptors (Lipinski definition) is 2. The van der Waals surface area contributed by atoms with Gasteiger partial charge in [-0.05, 0) is 24.5 Å². The van der Waals surface area contributed by atoms with Crippen LogP contribution in [0.3, 0.4) is 0 Å². The Hall–Kier alpha value is -0.770. The molecule has 2 N–H and O–H groups in total. The first-order valence-electron chi connectivity index (χ1n) is 5.48. The summed E-state index contributed by atoms with van der Waals surface area (Å²) < 4.78 is 0. The molecule has 94 valence electrons. The molecular weight excluding hydrogens is 259 g/mol. The van der Waals surface area contributed by atoms with Gasteiger partial charge in [0.25, 0.3) is 0 Å². The largest absolute Gasteiger partial charge is 0.335 e. The summed E-state index contributed by atoms with van der Waals surface area (Å²) in [5.41, 5.74) is 6.44. The van der Waals surface area contributed by atoms with Crippen LogP contribution in [0.4, 0.5) is 0 Å². The van der Waals surface area contributed by atoms with Crippen molar-refractivity contribution in [1.29, 1.82) is 0 Å². The van der Waals surface area contributed by atoms with E-state index in [4.69, 9.17) is 17.3 Å². The molecule has 2 rings (SSSR count). The summed E-state index contributed by atoms with van der Waals surface area (Å²) in [6, 6.07) is 7.79. The Morgan fingerprint density at radius 1 is 1.47 bits per heavy atom. The molecule has 0 spiro atoms. The standard InChI is InChI=1S/C12H15ClN2O.ClH/c13-10-5-2-1-4-9(10)11-6-3-7-15(11)12(16)8-14;/h1-2,4-5,11H,3,6-8,14H2;1H. The van der Waals surface area contributed by atoms with Gasteiger partial charge in [-0.2, -0.15) is 0 Å². The SMILES string of the molecule is Cl.NCC(=O)N1CCCC1c1ccccc1Cl. The van der Waals surface area contributed by atoms with E-state index in [1.165, 1.54) is 0 Å². The number of nitrogens with two attached hydrogens (primary N) is 1. The Morgan fingerprint density at radius 2 is 2.18 bits per heavy atom. The molecule has 1 fully saturated rings. The van der Waals surface area contributed by atoms with Crippen LogP contribution in [0.1, 0.15) is 24.4 Å². The van der Waals surface area contributed by atoms with E-state index < -0.39 is 0 Å². The highest BCUT2D eigenvalue weighted by molar-refractivity contribution is 6.31. The zero-order valence-corrected chi connectivity index (χ0v) is 11.0. The summed E-state index contributed by atoms with van der Waals surface area (Å²) in [6.45, 7) is 0.854. The molecule has 1 atom stereocenters. The molecule has 1 aliphatic heterocycles. The van der Waals surface area contributed by atoms with E-state index in [9.17, 15) is 4.79 Å². The molecule has 1 aromatic rings. The molecule has 0 saturated carbocycles. The van der Waals surface area contributed by atoms with Gasteiger partial charge in [-0.1, -0.05) is 29.8 Å². The zero-order chi connectivity index (χ0) is 11.5. The fourth-order valence-corrected chi connectivity index (χ4v) is 2.51. The third-order valence-corrected chi connectivity index (χ3v) is 3.36. The highest BCUT2D eigenvalue weighted by Gasteiger charge is 2.30. The van der Waals surface area contributed by atoms with E-state index in [-0.39, 0.29) is 30.9 Å². The average Bonchev–Trinajstić information content (AvgIpc) is 2.77. The number of carbonyl (C=O) groups excluding carboxylic acids is 1. The van der Waals surface area contributed by atoms with Gasteiger partial charge in [-0.25, -0.2) is 0 Å². The highest BCUT2D eigenvalue weighted by Crippen LogP contribution is 2.35. The lowest BCUT2D eigenvalue weighted by Crippen LogP contribution is -2.35. The first-order chi connectivity index (χ1) is 7.74. The smallest absolute Gasteiger partial charge is 0.236 e. The fourth-order valence-electron chi connectivity index (χ4n) is 2.25. The van der Waals surface area contributed by atoms with Crippen LogP contribution >= 0.6 is 24.0 Å². The molecular formula is C12H16Cl2N2O. The summed E-state index contributed by atoms with van der Waals surface area (Å²) in [7, 11) is 0. The number of nitrogens with zero attached hydrogens (tertiary/aromatic N) is 1. The van der Waals surface area contributed by atoms with Crippen molar-refractivity contribution in [3.8, 4) is 0 Å². The maximum absolute atomic E-state index is 11.7. The third kappa shape index (κ3) is 2.92. The predicted octanol–water partition coefficient (Wildman–Crippen LogP) is 2.38. The molecule has 1 aromatic carbocycles. The van der Waals surface area contributed by atoms with Crippen LogP contribution in [0.5, 0.6) is 0 Å². The molecule has 0 bridgehead atoms. The van der Waals surface area contributed by atoms with Gasteiger partial charge in [0.15, 0.2) is 0 Å². The lowest BCUT2D eigenvalue weighted by Gasteiger charge is -2.25. The molecule has 0 aromatic heterocycles. The van der Waals surface area contributed by atoms with Gasteiger partial charge in [0.2, 0.25) is 5.91 Å². The molecule has 1 amide bonds. The minimum absolute atomic E-state index is 0. The Kier molecular flexibility index (Phi) is 5.25. The van der Waals surface area contributed by atoms with E-state index >= 15 is 0 Å². The normalized spacial score (nSPS) is 18.9. The number of halogens is 2. The van der Waals surface area contributed by atoms with Gasteiger partial charge < -0.3 is 10.6 Å². The topological polar surface area (TPSA) is 46.3 Å². The molecule has 0 aliphatic carbocycles. The number of amides is 1. The van der Waals surface area contributed by atoms with Gasteiger partial charge in [0, 0.05) is 11.6 Å². The van der Waals surface area contributed by atoms with Crippen LogP contribution in [0.25, 0.3) is 0 Å². The van der Waals surface area contributed by atoms with Gasteiger partial charge in [0.1, 0.15) is 0 Å². The summed E-state index contributed by atoms with van der Waals surface area (Å²) in [5.74, 6) is 0.00224. The number of carbonyl (C=O) groups is 1. The number of benzene rings is 1. The van der Waals surface area contributed by atoms with E-state index in [0.717, 1.165) is 30.0 Å². The minimum atomic E-state index is 0. The maximum Gasteiger partial charge on any atom is 0.236 e. The summed E-state index contributed by atoms with van der Waals surface area (Å²) in [5, 5.41) is 0.726. The van der Waals surface area contributed by atoms with Crippen LogP contribution in [-0.4, -0.2) is 23.9 Å². The summed E-state index contributed by atoms with van der Waals surface area (Å²) in [6.07, 6.45) is 1.98. The second-order valence-corrected chi connectivity index (χ2v) is 4.38. The minimum Gasteiger partial charge on any atom is -0.335 e. The molecule has 1 heterocycles. The lowest BCUT2D eigenvalue weighted by molar-refractivity contribution is -0.130. The van der Waals surface area contributed by atoms with Gasteiger partial charge in [0.05, 0.1) is 12.6 Å². The zero-order valence-electron chi connectivity index (χ0n) is 9.43. The van der Waals surface area contributed by atoms with E-state index in [1.807, 2.05) is 29.2 Å². The van der Waals surface area contributed by atoms with E-state index in [0.29, 0.717) is 0 Å². The van der Waals surface area contributed by atoms with Gasteiger partial charge in [-0.3, -0.25) is 4.79 Å². The molecule has 1 saturated heterocycles. The first kappa shape index (κ1) is 14.3. The second-order valence-electron chi connectivity index (χ2n) is 3.97. The Labute approximate surface area is 112 Å². The van der Waals surface area contributed by atoms with Gasteiger partial charge >= 0.3 is 0 Å².